The molecule has 0 aliphatic heterocycles. The number of nitrogens with zero attached hydrogens (tertiary/aromatic N) is 2. The number of rotatable bonds is 1. The van der Waals surface area contributed by atoms with Gasteiger partial charge in [-0.15, -0.1) is 0 Å². The Kier molecular flexibility index (Phi) is 2.26. The fraction of sp³-hybridized carbons (Fsp3) is 0.300. The Balaban J connectivity index is 2.71. The van der Waals surface area contributed by atoms with Gasteiger partial charge in [0.2, 0.25) is 5.95 Å². The van der Waals surface area contributed by atoms with Gasteiger partial charge in [0.05, 0.1) is 0 Å². The van der Waals surface area contributed by atoms with E-state index in [0.717, 1.165) is 0 Å². The first kappa shape index (κ1) is 10.4. The van der Waals surface area contributed by atoms with Gasteiger partial charge < -0.3 is 0 Å². The lowest BCUT2D eigenvalue weighted by Crippen LogP contribution is -2.23. The van der Waals surface area contributed by atoms with Crippen molar-refractivity contribution in [1.82, 2.24) is 19.7 Å². The van der Waals surface area contributed by atoms with E-state index >= 15 is 0 Å². The van der Waals surface area contributed by atoms with Gasteiger partial charge in [-0.05, 0) is 20.8 Å². The van der Waals surface area contributed by atoms with Gasteiger partial charge in [0.15, 0.2) is 0 Å². The molecule has 2 heterocycles. The van der Waals surface area contributed by atoms with Gasteiger partial charge in [0.1, 0.15) is 0 Å². The zero-order valence-corrected chi connectivity index (χ0v) is 9.29. The summed E-state index contributed by atoms with van der Waals surface area (Å²) in [6.07, 6.45) is 0. The highest BCUT2D eigenvalue weighted by Crippen LogP contribution is 1.99. The van der Waals surface area contributed by atoms with Crippen LogP contribution in [0.15, 0.2) is 15.7 Å². The van der Waals surface area contributed by atoms with Crippen molar-refractivity contribution >= 4 is 0 Å². The minimum Gasteiger partial charge on any atom is -0.293 e. The third-order valence-corrected chi connectivity index (χ3v) is 2.44. The molecule has 0 saturated carbocycles. The molecule has 2 aromatic heterocycles. The first-order valence-electron chi connectivity index (χ1n) is 4.85. The van der Waals surface area contributed by atoms with Crippen molar-refractivity contribution in [2.45, 2.75) is 20.8 Å². The molecule has 0 bridgehead atoms. The lowest BCUT2D eigenvalue weighted by molar-refractivity contribution is 0.759. The number of aromatic amines is 2. The molecular formula is C10H12N4O2. The van der Waals surface area contributed by atoms with Crippen LogP contribution in [0.25, 0.3) is 5.95 Å². The van der Waals surface area contributed by atoms with Crippen LogP contribution in [-0.4, -0.2) is 19.7 Å². The van der Waals surface area contributed by atoms with Crippen molar-refractivity contribution in [3.8, 4) is 5.95 Å². The molecule has 0 aromatic carbocycles. The molecule has 0 radical (unpaired) electrons. The van der Waals surface area contributed by atoms with Crippen LogP contribution >= 0.6 is 0 Å². The first-order valence-corrected chi connectivity index (χ1v) is 4.85. The van der Waals surface area contributed by atoms with Gasteiger partial charge in [0, 0.05) is 23.0 Å². The molecule has 6 nitrogen and oxygen atoms in total. The summed E-state index contributed by atoms with van der Waals surface area (Å²) in [5.74, 6) is 0.214. The Morgan fingerprint density at radius 2 is 1.94 bits per heavy atom. The first-order chi connectivity index (χ1) is 7.49. The van der Waals surface area contributed by atoms with Crippen LogP contribution in [0.1, 0.15) is 17.0 Å². The molecular weight excluding hydrogens is 208 g/mol. The van der Waals surface area contributed by atoms with Crippen molar-refractivity contribution < 1.29 is 0 Å². The number of aromatic nitrogens is 4. The molecule has 0 spiro atoms. The average Bonchev–Trinajstić information content (AvgIpc) is 2.53. The number of H-pyrrole nitrogens is 2. The third-order valence-electron chi connectivity index (χ3n) is 2.44. The monoisotopic (exact) mass is 220 g/mol. The highest BCUT2D eigenvalue weighted by molar-refractivity contribution is 5.20. The van der Waals surface area contributed by atoms with Gasteiger partial charge in [0.25, 0.3) is 11.1 Å². The van der Waals surface area contributed by atoms with Crippen molar-refractivity contribution in [3.05, 3.63) is 43.7 Å². The van der Waals surface area contributed by atoms with E-state index in [2.05, 4.69) is 15.1 Å². The summed E-state index contributed by atoms with van der Waals surface area (Å²) in [5.41, 5.74) is 1.40. The van der Waals surface area contributed by atoms with Crippen LogP contribution in [0.5, 0.6) is 0 Å². The summed E-state index contributed by atoms with van der Waals surface area (Å²) in [6.45, 7) is 5.18. The van der Waals surface area contributed by atoms with E-state index in [1.807, 2.05) is 0 Å². The van der Waals surface area contributed by atoms with Gasteiger partial charge in [-0.3, -0.25) is 19.7 Å². The quantitative estimate of drug-likeness (QED) is 0.718. The smallest absolute Gasteiger partial charge is 0.274 e. The van der Waals surface area contributed by atoms with E-state index in [9.17, 15) is 9.59 Å². The van der Waals surface area contributed by atoms with E-state index in [1.165, 1.54) is 10.7 Å². The normalized spacial score (nSPS) is 10.7. The minimum absolute atomic E-state index is 0.214. The molecule has 0 aliphatic carbocycles. The van der Waals surface area contributed by atoms with Crippen molar-refractivity contribution in [3.63, 3.8) is 0 Å². The second kappa shape index (κ2) is 3.48. The van der Waals surface area contributed by atoms with Crippen molar-refractivity contribution in [2.75, 3.05) is 0 Å². The predicted molar refractivity (Wildman–Crippen MR) is 59.0 cm³/mol. The minimum atomic E-state index is -0.246. The molecule has 0 amide bonds. The average molecular weight is 220 g/mol. The molecule has 0 unspecified atom stereocenters. The lowest BCUT2D eigenvalue weighted by atomic mass is 10.3. The fourth-order valence-corrected chi connectivity index (χ4v) is 1.41. The molecule has 2 aromatic rings. The van der Waals surface area contributed by atoms with E-state index < -0.39 is 0 Å². The number of hydrogen-bond donors (Lipinski definition) is 2. The largest absolute Gasteiger partial charge is 0.293 e. The summed E-state index contributed by atoms with van der Waals surface area (Å²) in [5, 5.41) is 2.81. The van der Waals surface area contributed by atoms with Crippen LogP contribution in [0.4, 0.5) is 0 Å². The van der Waals surface area contributed by atoms with E-state index in [-0.39, 0.29) is 17.1 Å². The Bertz CT molecular complexity index is 648. The summed E-state index contributed by atoms with van der Waals surface area (Å²) < 4.78 is 1.21. The second-order valence-electron chi connectivity index (χ2n) is 3.71. The van der Waals surface area contributed by atoms with Crippen LogP contribution in [0.3, 0.4) is 0 Å². The molecule has 84 valence electrons. The van der Waals surface area contributed by atoms with E-state index in [1.54, 1.807) is 20.8 Å². The maximum absolute atomic E-state index is 11.5. The Hall–Kier alpha value is -2.11. The highest BCUT2D eigenvalue weighted by Gasteiger charge is 2.08. The molecule has 16 heavy (non-hydrogen) atoms. The number of aryl methyl sites for hydroxylation is 2. The van der Waals surface area contributed by atoms with E-state index in [4.69, 9.17) is 0 Å². The fourth-order valence-electron chi connectivity index (χ4n) is 1.41. The van der Waals surface area contributed by atoms with Gasteiger partial charge >= 0.3 is 0 Å². The Labute approximate surface area is 91.0 Å². The summed E-state index contributed by atoms with van der Waals surface area (Å²) in [4.78, 5) is 29.8. The molecule has 0 atom stereocenters. The van der Waals surface area contributed by atoms with Gasteiger partial charge in [-0.25, -0.2) is 4.98 Å². The maximum atomic E-state index is 11.5. The molecule has 2 rings (SSSR count). The van der Waals surface area contributed by atoms with Crippen LogP contribution in [0, 0.1) is 20.8 Å². The van der Waals surface area contributed by atoms with E-state index in [0.29, 0.717) is 17.0 Å². The highest BCUT2D eigenvalue weighted by atomic mass is 16.1. The molecule has 6 heteroatoms. The zero-order chi connectivity index (χ0) is 11.9. The van der Waals surface area contributed by atoms with Crippen molar-refractivity contribution in [2.24, 2.45) is 0 Å². The Morgan fingerprint density at radius 1 is 1.25 bits per heavy atom. The lowest BCUT2D eigenvalue weighted by Gasteiger charge is -2.03. The summed E-state index contributed by atoms with van der Waals surface area (Å²) in [6, 6.07) is 1.44. The number of nitrogens with one attached hydrogen (secondary N) is 2. The zero-order valence-electron chi connectivity index (χ0n) is 9.29. The van der Waals surface area contributed by atoms with Gasteiger partial charge in [-0.1, -0.05) is 0 Å². The van der Waals surface area contributed by atoms with Crippen LogP contribution in [0.2, 0.25) is 0 Å². The second-order valence-corrected chi connectivity index (χ2v) is 3.71. The maximum Gasteiger partial charge on any atom is 0.274 e. The van der Waals surface area contributed by atoms with Crippen molar-refractivity contribution in [1.29, 1.82) is 0 Å². The van der Waals surface area contributed by atoms with Crippen LogP contribution in [-0.2, 0) is 0 Å². The molecule has 0 aliphatic rings. The molecule has 2 N–H and O–H groups in total. The molecule has 0 fully saturated rings. The Morgan fingerprint density at radius 3 is 2.44 bits per heavy atom. The summed E-state index contributed by atoms with van der Waals surface area (Å²) >= 11 is 0. The topological polar surface area (TPSA) is 83.5 Å². The SMILES string of the molecule is Cc1cc(=O)n(-c2nc(C)c(C)c(=O)[nH]2)[nH]1. The molecule has 0 saturated heterocycles. The standard InChI is InChI=1S/C10H12N4O2/c1-5-4-8(15)14(13-5)10-11-7(3)6(2)9(16)12-10/h4,13H,1-3H3,(H,11,12,16). The number of hydrogen-bond acceptors (Lipinski definition) is 3. The third kappa shape index (κ3) is 1.58. The van der Waals surface area contributed by atoms with Crippen LogP contribution < -0.4 is 11.1 Å². The summed E-state index contributed by atoms with van der Waals surface area (Å²) in [7, 11) is 0. The predicted octanol–water partition coefficient (Wildman–Crippen LogP) is 0.174. The van der Waals surface area contributed by atoms with Gasteiger partial charge in [-0.2, -0.15) is 4.68 Å².